The SMILES string of the molecule is CCOc1cc(OC)c(C(=O)NCCOCCOCCNC(=O)OC(C)(C)C)c(OC)c1. The van der Waals surface area contributed by atoms with Crippen LogP contribution in [0.5, 0.6) is 17.2 Å². The Morgan fingerprint density at radius 1 is 0.875 bits per heavy atom. The number of carbonyl (C=O) groups excluding carboxylic acids is 2. The van der Waals surface area contributed by atoms with Gasteiger partial charge in [0.05, 0.1) is 47.3 Å². The number of carbonyl (C=O) groups is 2. The Kier molecular flexibility index (Phi) is 12.3. The van der Waals surface area contributed by atoms with Crippen LogP contribution in [0.1, 0.15) is 38.1 Å². The lowest BCUT2D eigenvalue weighted by atomic mass is 10.1. The molecule has 0 saturated heterocycles. The van der Waals surface area contributed by atoms with Crippen molar-refractivity contribution in [1.82, 2.24) is 10.6 Å². The van der Waals surface area contributed by atoms with Crippen molar-refractivity contribution < 1.29 is 38.0 Å². The molecule has 1 aromatic rings. The van der Waals surface area contributed by atoms with Crippen molar-refractivity contribution in [2.75, 3.05) is 60.3 Å². The molecular formula is C22H36N2O8. The minimum absolute atomic E-state index is 0.291. The Hall–Kier alpha value is -2.72. The van der Waals surface area contributed by atoms with Gasteiger partial charge in [0, 0.05) is 25.2 Å². The molecule has 0 unspecified atom stereocenters. The average Bonchev–Trinajstić information content (AvgIpc) is 2.73. The minimum Gasteiger partial charge on any atom is -0.496 e. The van der Waals surface area contributed by atoms with E-state index in [9.17, 15) is 9.59 Å². The van der Waals surface area contributed by atoms with Crippen molar-refractivity contribution in [2.24, 2.45) is 0 Å². The van der Waals surface area contributed by atoms with E-state index in [-0.39, 0.29) is 5.91 Å². The molecule has 0 atom stereocenters. The van der Waals surface area contributed by atoms with Crippen LogP contribution in [0.2, 0.25) is 0 Å². The third-order valence-electron chi connectivity index (χ3n) is 3.84. The van der Waals surface area contributed by atoms with E-state index >= 15 is 0 Å². The van der Waals surface area contributed by atoms with E-state index in [4.69, 9.17) is 28.4 Å². The summed E-state index contributed by atoms with van der Waals surface area (Å²) in [5, 5.41) is 5.38. The van der Waals surface area contributed by atoms with Crippen LogP contribution in [0.4, 0.5) is 4.79 Å². The Morgan fingerprint density at radius 2 is 1.41 bits per heavy atom. The molecule has 0 bridgehead atoms. The van der Waals surface area contributed by atoms with Crippen molar-refractivity contribution in [3.8, 4) is 17.2 Å². The van der Waals surface area contributed by atoms with Gasteiger partial charge in [0.2, 0.25) is 0 Å². The fraction of sp³-hybridized carbons (Fsp3) is 0.636. The molecule has 0 aliphatic carbocycles. The number of benzene rings is 1. The van der Waals surface area contributed by atoms with E-state index in [0.29, 0.717) is 68.9 Å². The van der Waals surface area contributed by atoms with Crippen LogP contribution in [-0.4, -0.2) is 77.9 Å². The summed E-state index contributed by atoms with van der Waals surface area (Å²) in [6.07, 6.45) is -0.478. The lowest BCUT2D eigenvalue weighted by molar-refractivity contribution is 0.0400. The number of hydrogen-bond acceptors (Lipinski definition) is 8. The number of alkyl carbamates (subject to hydrolysis) is 1. The van der Waals surface area contributed by atoms with Crippen LogP contribution in [-0.2, 0) is 14.2 Å². The van der Waals surface area contributed by atoms with Crippen molar-refractivity contribution in [3.05, 3.63) is 17.7 Å². The standard InChI is InChI=1S/C22H36N2O8/c1-7-31-16-14-17(27-5)19(18(15-16)28-6)20(25)23-8-10-29-12-13-30-11-9-24-21(26)32-22(2,3)4/h14-15H,7-13H2,1-6H3,(H,23,25)(H,24,26). The molecule has 0 aliphatic rings. The number of methoxy groups -OCH3 is 2. The van der Waals surface area contributed by atoms with Gasteiger partial charge in [-0.2, -0.15) is 0 Å². The Bertz CT molecular complexity index is 693. The van der Waals surface area contributed by atoms with Gasteiger partial charge in [0.25, 0.3) is 5.91 Å². The summed E-state index contributed by atoms with van der Waals surface area (Å²) in [4.78, 5) is 24.1. The summed E-state index contributed by atoms with van der Waals surface area (Å²) in [5.74, 6) is 0.941. The topological polar surface area (TPSA) is 114 Å². The molecular weight excluding hydrogens is 420 g/mol. The van der Waals surface area contributed by atoms with Crippen LogP contribution < -0.4 is 24.8 Å². The molecule has 0 radical (unpaired) electrons. The zero-order chi connectivity index (χ0) is 24.0. The highest BCUT2D eigenvalue weighted by molar-refractivity contribution is 6.00. The largest absolute Gasteiger partial charge is 0.496 e. The molecule has 0 aliphatic heterocycles. The molecule has 10 heteroatoms. The monoisotopic (exact) mass is 456 g/mol. The first kappa shape index (κ1) is 27.3. The molecule has 10 nitrogen and oxygen atoms in total. The second kappa shape index (κ2) is 14.4. The van der Waals surface area contributed by atoms with Crippen LogP contribution in [0.15, 0.2) is 12.1 Å². The summed E-state index contributed by atoms with van der Waals surface area (Å²) < 4.78 is 32.1. The maximum Gasteiger partial charge on any atom is 0.407 e. The Morgan fingerprint density at radius 3 is 1.88 bits per heavy atom. The van der Waals surface area contributed by atoms with Crippen molar-refractivity contribution in [1.29, 1.82) is 0 Å². The minimum atomic E-state index is -0.530. The van der Waals surface area contributed by atoms with E-state index in [1.807, 2.05) is 6.92 Å². The summed E-state index contributed by atoms with van der Waals surface area (Å²) in [6.45, 7) is 9.78. The lowest BCUT2D eigenvalue weighted by Gasteiger charge is -2.19. The van der Waals surface area contributed by atoms with Gasteiger partial charge >= 0.3 is 6.09 Å². The zero-order valence-corrected chi connectivity index (χ0v) is 19.9. The van der Waals surface area contributed by atoms with Crippen LogP contribution >= 0.6 is 0 Å². The van der Waals surface area contributed by atoms with Crippen LogP contribution in [0, 0.1) is 0 Å². The fourth-order valence-electron chi connectivity index (χ4n) is 2.55. The normalized spacial score (nSPS) is 10.9. The third kappa shape index (κ3) is 10.5. The van der Waals surface area contributed by atoms with Gasteiger partial charge in [0.15, 0.2) is 0 Å². The van der Waals surface area contributed by atoms with Gasteiger partial charge in [-0.1, -0.05) is 0 Å². The summed E-state index contributed by atoms with van der Waals surface area (Å²) in [6, 6.07) is 3.29. The molecule has 32 heavy (non-hydrogen) atoms. The molecule has 0 spiro atoms. The molecule has 0 heterocycles. The number of nitrogens with one attached hydrogen (secondary N) is 2. The number of hydrogen-bond donors (Lipinski definition) is 2. The van der Waals surface area contributed by atoms with Crippen molar-refractivity contribution in [3.63, 3.8) is 0 Å². The highest BCUT2D eigenvalue weighted by Crippen LogP contribution is 2.34. The maximum atomic E-state index is 12.6. The Balaban J connectivity index is 2.26. The van der Waals surface area contributed by atoms with Gasteiger partial charge in [-0.05, 0) is 27.7 Å². The van der Waals surface area contributed by atoms with Crippen LogP contribution in [0.25, 0.3) is 0 Å². The molecule has 1 aromatic carbocycles. The number of rotatable bonds is 14. The van der Waals surface area contributed by atoms with E-state index in [1.54, 1.807) is 32.9 Å². The molecule has 1 rings (SSSR count). The predicted molar refractivity (Wildman–Crippen MR) is 119 cm³/mol. The fourth-order valence-corrected chi connectivity index (χ4v) is 2.55. The van der Waals surface area contributed by atoms with Gasteiger partial charge in [-0.3, -0.25) is 4.79 Å². The quantitative estimate of drug-likeness (QED) is 0.410. The number of amides is 2. The lowest BCUT2D eigenvalue weighted by Crippen LogP contribution is -2.34. The van der Waals surface area contributed by atoms with Crippen molar-refractivity contribution >= 4 is 12.0 Å². The second-order valence-corrected chi connectivity index (χ2v) is 7.55. The predicted octanol–water partition coefficient (Wildman–Crippen LogP) is 2.39. The van der Waals surface area contributed by atoms with Gasteiger partial charge in [-0.25, -0.2) is 4.79 Å². The van der Waals surface area contributed by atoms with E-state index in [2.05, 4.69) is 10.6 Å². The summed E-state index contributed by atoms with van der Waals surface area (Å²) in [7, 11) is 2.96. The van der Waals surface area contributed by atoms with E-state index < -0.39 is 11.7 Å². The molecule has 2 N–H and O–H groups in total. The van der Waals surface area contributed by atoms with Crippen LogP contribution in [0.3, 0.4) is 0 Å². The third-order valence-corrected chi connectivity index (χ3v) is 3.84. The second-order valence-electron chi connectivity index (χ2n) is 7.55. The first-order chi connectivity index (χ1) is 15.2. The molecule has 0 fully saturated rings. The Labute approximate surface area is 189 Å². The summed E-state index contributed by atoms with van der Waals surface area (Å²) >= 11 is 0. The molecule has 0 aromatic heterocycles. The zero-order valence-electron chi connectivity index (χ0n) is 19.9. The smallest absolute Gasteiger partial charge is 0.407 e. The first-order valence-corrected chi connectivity index (χ1v) is 10.5. The average molecular weight is 457 g/mol. The highest BCUT2D eigenvalue weighted by atomic mass is 16.6. The van der Waals surface area contributed by atoms with Gasteiger partial charge in [-0.15, -0.1) is 0 Å². The van der Waals surface area contributed by atoms with Gasteiger partial charge in [0.1, 0.15) is 28.4 Å². The first-order valence-electron chi connectivity index (χ1n) is 10.5. The van der Waals surface area contributed by atoms with E-state index in [1.165, 1.54) is 14.2 Å². The van der Waals surface area contributed by atoms with E-state index in [0.717, 1.165) is 0 Å². The maximum absolute atomic E-state index is 12.6. The molecule has 2 amide bonds. The highest BCUT2D eigenvalue weighted by Gasteiger charge is 2.20. The summed E-state index contributed by atoms with van der Waals surface area (Å²) in [5.41, 5.74) is -0.239. The molecule has 182 valence electrons. The molecule has 0 saturated carbocycles. The van der Waals surface area contributed by atoms with Gasteiger partial charge < -0.3 is 39.1 Å². The number of ether oxygens (including phenoxy) is 6. The van der Waals surface area contributed by atoms with Crippen molar-refractivity contribution in [2.45, 2.75) is 33.3 Å².